The lowest BCUT2D eigenvalue weighted by molar-refractivity contribution is -0.0894. The number of nitrogens with zero attached hydrogens (tertiary/aromatic N) is 4. The van der Waals surface area contributed by atoms with Crippen LogP contribution in [0.5, 0.6) is 11.5 Å². The highest BCUT2D eigenvalue weighted by Crippen LogP contribution is 2.43. The first kappa shape index (κ1) is 28.0. The zero-order chi connectivity index (χ0) is 29.3. The van der Waals surface area contributed by atoms with Gasteiger partial charge in [0.05, 0.1) is 27.2 Å². The summed E-state index contributed by atoms with van der Waals surface area (Å²) in [6.45, 7) is -0.190. The molecule has 0 spiro atoms. The van der Waals surface area contributed by atoms with Crippen LogP contribution in [0.2, 0.25) is 5.15 Å². The molecule has 0 amide bonds. The van der Waals surface area contributed by atoms with Crippen LogP contribution < -0.4 is 9.47 Å². The largest absolute Gasteiger partial charge is 0.497 e. The van der Waals surface area contributed by atoms with Gasteiger partial charge in [-0.3, -0.25) is 4.57 Å². The molecule has 1 fully saturated rings. The summed E-state index contributed by atoms with van der Waals surface area (Å²) in [4.78, 5) is 12.3. The van der Waals surface area contributed by atoms with Crippen LogP contribution >= 0.6 is 11.6 Å². The van der Waals surface area contributed by atoms with E-state index in [1.165, 1.54) is 17.2 Å². The Balaban J connectivity index is 1.39. The predicted octanol–water partition coefficient (Wildman–Crippen LogP) is 5.10. The van der Waals surface area contributed by atoms with Gasteiger partial charge in [0.1, 0.15) is 41.2 Å². The molecule has 5 aromatic rings. The van der Waals surface area contributed by atoms with Gasteiger partial charge in [0.25, 0.3) is 0 Å². The Labute approximate surface area is 246 Å². The number of benzene rings is 3. The van der Waals surface area contributed by atoms with E-state index in [2.05, 4.69) is 15.0 Å². The summed E-state index contributed by atoms with van der Waals surface area (Å²) in [7, 11) is 3.20. The summed E-state index contributed by atoms with van der Waals surface area (Å²) >= 11 is 6.14. The van der Waals surface area contributed by atoms with E-state index >= 15 is 4.39 Å². The molecule has 216 valence electrons. The first-order chi connectivity index (χ1) is 20.5. The molecule has 0 unspecified atom stereocenters. The highest BCUT2D eigenvalue weighted by Gasteiger charge is 2.48. The average Bonchev–Trinajstić information content (AvgIpc) is 3.59. The van der Waals surface area contributed by atoms with Gasteiger partial charge in [-0.1, -0.05) is 66.2 Å². The van der Waals surface area contributed by atoms with Gasteiger partial charge in [0, 0.05) is 0 Å². The van der Waals surface area contributed by atoms with E-state index in [9.17, 15) is 5.11 Å². The molecule has 0 bridgehead atoms. The number of aromatic nitrogens is 4. The number of alkyl halides is 1. The van der Waals surface area contributed by atoms with Gasteiger partial charge in [-0.15, -0.1) is 0 Å². The molecule has 1 aliphatic heterocycles. The van der Waals surface area contributed by atoms with Crippen LogP contribution in [0.25, 0.3) is 11.2 Å². The van der Waals surface area contributed by atoms with Gasteiger partial charge in [-0.2, -0.15) is 0 Å². The van der Waals surface area contributed by atoms with Crippen LogP contribution in [0.15, 0.2) is 91.5 Å². The molecule has 6 rings (SSSR count). The fraction of sp³-hybridized carbons (Fsp3) is 0.258. The van der Waals surface area contributed by atoms with E-state index in [-0.39, 0.29) is 11.8 Å². The molecule has 3 heterocycles. The number of methoxy groups -OCH3 is 2. The standard InChI is InChI=1S/C31H28ClFN4O5/c1-39-22-12-8-20(9-13-22)31(19-6-4-3-5-7-19,21-10-14-23(40-2)15-11-21)41-16-24-25(33)27(38)30(42-24)37-18-36-26-28(32)34-17-35-29(26)37/h3-15,17-18,24-25,27,30,38H,16H2,1-2H3/t24-,25-,27-,30-/m1/s1. The van der Waals surface area contributed by atoms with Crippen molar-refractivity contribution in [1.29, 1.82) is 0 Å². The van der Waals surface area contributed by atoms with E-state index in [0.717, 1.165) is 16.7 Å². The molecule has 1 saturated heterocycles. The minimum absolute atomic E-state index is 0.148. The Bertz CT molecular complexity index is 1600. The molecular weight excluding hydrogens is 563 g/mol. The molecule has 2 aromatic heterocycles. The van der Waals surface area contributed by atoms with E-state index in [0.29, 0.717) is 22.7 Å². The number of imidazole rings is 1. The van der Waals surface area contributed by atoms with Crippen LogP contribution in [-0.4, -0.2) is 63.8 Å². The number of rotatable bonds is 9. The quantitative estimate of drug-likeness (QED) is 0.187. The molecule has 11 heteroatoms. The van der Waals surface area contributed by atoms with Crippen LogP contribution in [0.1, 0.15) is 22.9 Å². The van der Waals surface area contributed by atoms with Crippen molar-refractivity contribution in [3.8, 4) is 11.5 Å². The fourth-order valence-corrected chi connectivity index (χ4v) is 5.54. The zero-order valence-corrected chi connectivity index (χ0v) is 23.6. The van der Waals surface area contributed by atoms with Gasteiger partial charge >= 0.3 is 0 Å². The van der Waals surface area contributed by atoms with Crippen molar-refractivity contribution in [3.05, 3.63) is 113 Å². The minimum Gasteiger partial charge on any atom is -0.497 e. The summed E-state index contributed by atoms with van der Waals surface area (Å²) in [5.74, 6) is 1.36. The third-order valence-corrected chi connectivity index (χ3v) is 7.79. The Kier molecular flexibility index (Phi) is 7.78. The normalized spacial score (nSPS) is 20.6. The first-order valence-corrected chi connectivity index (χ1v) is 13.6. The summed E-state index contributed by atoms with van der Waals surface area (Å²) in [6.07, 6.45) is -2.80. The molecule has 0 saturated carbocycles. The van der Waals surface area contributed by atoms with E-state index in [4.69, 9.17) is 30.5 Å². The predicted molar refractivity (Wildman–Crippen MR) is 153 cm³/mol. The summed E-state index contributed by atoms with van der Waals surface area (Å²) in [5, 5.41) is 11.1. The maximum Gasteiger partial charge on any atom is 0.167 e. The molecule has 4 atom stereocenters. The Morgan fingerprint density at radius 3 is 2.07 bits per heavy atom. The zero-order valence-electron chi connectivity index (χ0n) is 22.8. The molecule has 42 heavy (non-hydrogen) atoms. The van der Waals surface area contributed by atoms with Crippen molar-refractivity contribution in [2.45, 2.75) is 30.2 Å². The molecule has 3 aromatic carbocycles. The summed E-state index contributed by atoms with van der Waals surface area (Å²) < 4.78 is 40.8. The number of hydrogen-bond donors (Lipinski definition) is 1. The lowest BCUT2D eigenvalue weighted by Crippen LogP contribution is -2.38. The number of fused-ring (bicyclic) bond motifs is 1. The van der Waals surface area contributed by atoms with E-state index in [1.54, 1.807) is 14.2 Å². The smallest absolute Gasteiger partial charge is 0.167 e. The van der Waals surface area contributed by atoms with Crippen molar-refractivity contribution in [2.24, 2.45) is 0 Å². The molecule has 0 radical (unpaired) electrons. The number of hydrogen-bond acceptors (Lipinski definition) is 8. The van der Waals surface area contributed by atoms with Crippen LogP contribution in [-0.2, 0) is 15.1 Å². The van der Waals surface area contributed by atoms with Gasteiger partial charge in [0.2, 0.25) is 0 Å². The van der Waals surface area contributed by atoms with Gasteiger partial charge in [0.15, 0.2) is 23.2 Å². The van der Waals surface area contributed by atoms with Crippen LogP contribution in [0.4, 0.5) is 4.39 Å². The molecule has 1 aliphatic rings. The van der Waals surface area contributed by atoms with Crippen molar-refractivity contribution in [3.63, 3.8) is 0 Å². The molecular formula is C31H28ClFN4O5. The van der Waals surface area contributed by atoms with Crippen molar-refractivity contribution in [2.75, 3.05) is 20.8 Å². The second-order valence-electron chi connectivity index (χ2n) is 9.80. The fourth-order valence-electron chi connectivity index (χ4n) is 5.36. The van der Waals surface area contributed by atoms with Gasteiger partial charge < -0.3 is 24.1 Å². The van der Waals surface area contributed by atoms with Gasteiger partial charge in [-0.05, 0) is 41.0 Å². The third-order valence-electron chi connectivity index (χ3n) is 7.51. The maximum absolute atomic E-state index is 15.7. The van der Waals surface area contributed by atoms with Crippen LogP contribution in [0.3, 0.4) is 0 Å². The lowest BCUT2D eigenvalue weighted by atomic mass is 9.80. The maximum atomic E-state index is 15.7. The highest BCUT2D eigenvalue weighted by atomic mass is 35.5. The summed E-state index contributed by atoms with van der Waals surface area (Å²) in [5.41, 5.74) is 1.87. The Morgan fingerprint density at radius 1 is 0.881 bits per heavy atom. The number of aliphatic hydroxyl groups is 1. The first-order valence-electron chi connectivity index (χ1n) is 13.3. The molecule has 9 nitrogen and oxygen atoms in total. The van der Waals surface area contributed by atoms with E-state index < -0.39 is 30.2 Å². The molecule has 0 aliphatic carbocycles. The SMILES string of the molecule is COc1ccc(C(OC[C@H]2O[C@@H](n3cnc4c(Cl)ncnc43)[C@H](O)[C@@H]2F)(c2ccccc2)c2ccc(OC)cc2)cc1. The van der Waals surface area contributed by atoms with Crippen LogP contribution in [0, 0.1) is 0 Å². The number of halogens is 2. The number of aliphatic hydroxyl groups excluding tert-OH is 1. The van der Waals surface area contributed by atoms with E-state index in [1.807, 2.05) is 78.9 Å². The third kappa shape index (κ3) is 4.86. The van der Waals surface area contributed by atoms with Crippen molar-refractivity contribution < 1.29 is 28.4 Å². The Hall–Kier alpha value is -4.09. The second kappa shape index (κ2) is 11.7. The van der Waals surface area contributed by atoms with Crippen molar-refractivity contribution in [1.82, 2.24) is 19.5 Å². The van der Waals surface area contributed by atoms with Gasteiger partial charge in [-0.25, -0.2) is 19.3 Å². The minimum atomic E-state index is -1.76. The monoisotopic (exact) mass is 590 g/mol. The number of ether oxygens (including phenoxy) is 4. The highest BCUT2D eigenvalue weighted by molar-refractivity contribution is 6.33. The Morgan fingerprint density at radius 2 is 1.48 bits per heavy atom. The second-order valence-corrected chi connectivity index (χ2v) is 10.2. The lowest BCUT2D eigenvalue weighted by Gasteiger charge is -2.37. The molecule has 1 N–H and O–H groups in total. The van der Waals surface area contributed by atoms with Crippen molar-refractivity contribution >= 4 is 22.8 Å². The topological polar surface area (TPSA) is 101 Å². The average molecular weight is 591 g/mol. The summed E-state index contributed by atoms with van der Waals surface area (Å²) in [6, 6.07) is 24.7.